The summed E-state index contributed by atoms with van der Waals surface area (Å²) >= 11 is 3.47. The maximum atomic E-state index is 6.25. The number of ether oxygens (including phenoxy) is 1. The van der Waals surface area contributed by atoms with Gasteiger partial charge < -0.3 is 4.74 Å². The topological polar surface area (TPSA) is 30.3 Å². The smallest absolute Gasteiger partial charge is 0.298 e. The fraction of sp³-hybridized carbons (Fsp3) is 0.750. The van der Waals surface area contributed by atoms with Crippen molar-refractivity contribution in [1.82, 2.24) is 14.5 Å². The van der Waals surface area contributed by atoms with E-state index in [1.165, 1.54) is 31.6 Å². The van der Waals surface area contributed by atoms with Gasteiger partial charge in [-0.05, 0) is 48.8 Å². The van der Waals surface area contributed by atoms with E-state index in [2.05, 4.69) is 37.3 Å². The first-order valence-corrected chi connectivity index (χ1v) is 7.11. The third-order valence-electron chi connectivity index (χ3n) is 4.67. The van der Waals surface area contributed by atoms with E-state index >= 15 is 0 Å². The Morgan fingerprint density at radius 1 is 1.35 bits per heavy atom. The molecule has 92 valence electrons. The van der Waals surface area contributed by atoms with E-state index in [4.69, 9.17) is 4.74 Å². The number of halogens is 1. The van der Waals surface area contributed by atoms with E-state index in [9.17, 15) is 0 Å². The molecule has 17 heavy (non-hydrogen) atoms. The number of piperidine rings is 3. The normalized spacial score (nSPS) is 38.5. The molecule has 0 N–H and O–H groups in total. The van der Waals surface area contributed by atoms with Crippen LogP contribution in [0.4, 0.5) is 0 Å². The van der Waals surface area contributed by atoms with Gasteiger partial charge in [0.2, 0.25) is 0 Å². The predicted octanol–water partition coefficient (Wildman–Crippen LogP) is 1.81. The van der Waals surface area contributed by atoms with Crippen LogP contribution < -0.4 is 4.74 Å². The number of fused-ring (bicyclic) bond motifs is 3. The molecule has 5 heteroatoms. The lowest BCUT2D eigenvalue weighted by Crippen LogP contribution is -2.61. The van der Waals surface area contributed by atoms with E-state index in [1.807, 2.05) is 0 Å². The van der Waals surface area contributed by atoms with Crippen molar-refractivity contribution < 1.29 is 4.74 Å². The molecule has 0 aromatic carbocycles. The molecule has 3 saturated heterocycles. The number of hydrogen-bond donors (Lipinski definition) is 0. The fourth-order valence-corrected chi connectivity index (χ4v) is 4.01. The fourth-order valence-electron chi connectivity index (χ4n) is 3.65. The summed E-state index contributed by atoms with van der Waals surface area (Å²) in [6, 6.07) is 0.808. The predicted molar refractivity (Wildman–Crippen MR) is 67.2 cm³/mol. The molecule has 5 heterocycles. The van der Waals surface area contributed by atoms with Crippen LogP contribution in [0.5, 0.6) is 6.01 Å². The molecule has 4 aliphatic rings. The van der Waals surface area contributed by atoms with Gasteiger partial charge in [0.15, 0.2) is 0 Å². The Morgan fingerprint density at radius 2 is 2.12 bits per heavy atom. The van der Waals surface area contributed by atoms with Crippen LogP contribution in [0.2, 0.25) is 0 Å². The third kappa shape index (κ3) is 1.30. The minimum Gasteiger partial charge on any atom is -0.454 e. The molecule has 0 amide bonds. The Balaban J connectivity index is 1.71. The van der Waals surface area contributed by atoms with Crippen molar-refractivity contribution in [2.45, 2.75) is 31.9 Å². The van der Waals surface area contributed by atoms with Gasteiger partial charge in [-0.3, -0.25) is 9.47 Å². The number of rotatable bonds is 0. The standard InChI is InChI=1S/C12H16BrN3O/c1-8-10(13)14-11-16(8)7-12(17-11)6-15-4-2-9(12)3-5-15/h9H,2-7H2,1H3. The summed E-state index contributed by atoms with van der Waals surface area (Å²) in [5.41, 5.74) is 1.21. The minimum atomic E-state index is 0.0181. The Bertz CT molecular complexity index is 478. The molecule has 2 bridgehead atoms. The van der Waals surface area contributed by atoms with E-state index in [1.54, 1.807) is 0 Å². The number of aromatic nitrogens is 2. The highest BCUT2D eigenvalue weighted by Gasteiger charge is 2.53. The molecule has 5 rings (SSSR count). The van der Waals surface area contributed by atoms with Crippen molar-refractivity contribution in [3.05, 3.63) is 10.3 Å². The summed E-state index contributed by atoms with van der Waals surface area (Å²) in [5.74, 6) is 0.715. The summed E-state index contributed by atoms with van der Waals surface area (Å²) in [6.07, 6.45) is 2.57. The van der Waals surface area contributed by atoms with Gasteiger partial charge in [0.25, 0.3) is 6.01 Å². The molecule has 1 unspecified atom stereocenters. The molecular weight excluding hydrogens is 282 g/mol. The van der Waals surface area contributed by atoms with E-state index in [-0.39, 0.29) is 5.60 Å². The van der Waals surface area contributed by atoms with Crippen LogP contribution in [0, 0.1) is 12.8 Å². The first kappa shape index (κ1) is 10.4. The molecule has 0 aliphatic carbocycles. The lowest BCUT2D eigenvalue weighted by atomic mass is 9.75. The van der Waals surface area contributed by atoms with Crippen molar-refractivity contribution in [2.24, 2.45) is 5.92 Å². The average molecular weight is 298 g/mol. The van der Waals surface area contributed by atoms with Crippen LogP contribution in [0.1, 0.15) is 18.5 Å². The highest BCUT2D eigenvalue weighted by Crippen LogP contribution is 2.44. The first-order chi connectivity index (χ1) is 8.18. The van der Waals surface area contributed by atoms with Gasteiger partial charge in [-0.2, -0.15) is 4.98 Å². The average Bonchev–Trinajstić information content (AvgIpc) is 2.79. The molecule has 4 aliphatic heterocycles. The van der Waals surface area contributed by atoms with Crippen LogP contribution in [-0.2, 0) is 6.54 Å². The van der Waals surface area contributed by atoms with Crippen molar-refractivity contribution in [3.63, 3.8) is 0 Å². The second kappa shape index (κ2) is 3.26. The highest BCUT2D eigenvalue weighted by molar-refractivity contribution is 9.10. The van der Waals surface area contributed by atoms with Crippen molar-refractivity contribution in [2.75, 3.05) is 19.6 Å². The molecule has 1 aromatic rings. The quantitative estimate of drug-likeness (QED) is 0.732. The second-order valence-corrected chi connectivity index (χ2v) is 6.33. The van der Waals surface area contributed by atoms with Gasteiger partial charge in [-0.1, -0.05) is 0 Å². The van der Waals surface area contributed by atoms with E-state index < -0.39 is 0 Å². The molecule has 0 radical (unpaired) electrons. The zero-order chi connectivity index (χ0) is 11.6. The summed E-state index contributed by atoms with van der Waals surface area (Å²) in [4.78, 5) is 7.00. The Labute approximate surface area is 109 Å². The first-order valence-electron chi connectivity index (χ1n) is 6.32. The van der Waals surface area contributed by atoms with Gasteiger partial charge in [-0.15, -0.1) is 0 Å². The Hall–Kier alpha value is -0.550. The highest BCUT2D eigenvalue weighted by atomic mass is 79.9. The summed E-state index contributed by atoms with van der Waals surface area (Å²) in [5, 5.41) is 0. The van der Waals surface area contributed by atoms with E-state index in [0.29, 0.717) is 5.92 Å². The lowest BCUT2D eigenvalue weighted by molar-refractivity contribution is -0.0836. The van der Waals surface area contributed by atoms with Gasteiger partial charge in [-0.25, -0.2) is 0 Å². The van der Waals surface area contributed by atoms with Crippen LogP contribution in [-0.4, -0.2) is 39.7 Å². The van der Waals surface area contributed by atoms with Crippen LogP contribution in [0.15, 0.2) is 4.60 Å². The lowest BCUT2D eigenvalue weighted by Gasteiger charge is -2.50. The third-order valence-corrected chi connectivity index (χ3v) is 5.42. The van der Waals surface area contributed by atoms with Gasteiger partial charge in [0.05, 0.1) is 12.2 Å². The molecule has 1 aromatic heterocycles. The molecular formula is C12H16BrN3O. The number of imidazole rings is 1. The van der Waals surface area contributed by atoms with Crippen LogP contribution in [0.25, 0.3) is 0 Å². The molecule has 3 fully saturated rings. The largest absolute Gasteiger partial charge is 0.454 e. The van der Waals surface area contributed by atoms with Crippen molar-refractivity contribution >= 4 is 15.9 Å². The van der Waals surface area contributed by atoms with Crippen molar-refractivity contribution in [3.8, 4) is 6.01 Å². The maximum Gasteiger partial charge on any atom is 0.298 e. The Morgan fingerprint density at radius 3 is 2.71 bits per heavy atom. The van der Waals surface area contributed by atoms with Crippen molar-refractivity contribution in [1.29, 1.82) is 0 Å². The molecule has 4 nitrogen and oxygen atoms in total. The SMILES string of the molecule is Cc1c(Br)nc2n1CC1(CN3CCC1CC3)O2. The zero-order valence-corrected chi connectivity index (χ0v) is 11.5. The molecule has 1 atom stereocenters. The van der Waals surface area contributed by atoms with Crippen LogP contribution >= 0.6 is 15.9 Å². The summed E-state index contributed by atoms with van der Waals surface area (Å²) in [6.45, 7) is 6.66. The summed E-state index contributed by atoms with van der Waals surface area (Å²) < 4.78 is 9.40. The Kier molecular flexibility index (Phi) is 1.99. The van der Waals surface area contributed by atoms with Gasteiger partial charge in [0, 0.05) is 12.5 Å². The number of nitrogens with zero attached hydrogens (tertiary/aromatic N) is 3. The zero-order valence-electron chi connectivity index (χ0n) is 9.95. The minimum absolute atomic E-state index is 0.0181. The van der Waals surface area contributed by atoms with Gasteiger partial charge >= 0.3 is 0 Å². The summed E-state index contributed by atoms with van der Waals surface area (Å²) in [7, 11) is 0. The van der Waals surface area contributed by atoms with Crippen LogP contribution in [0.3, 0.4) is 0 Å². The molecule has 0 saturated carbocycles. The second-order valence-electron chi connectivity index (χ2n) is 5.57. The number of hydrogen-bond acceptors (Lipinski definition) is 3. The maximum absolute atomic E-state index is 6.25. The van der Waals surface area contributed by atoms with Gasteiger partial charge in [0.1, 0.15) is 10.2 Å². The van der Waals surface area contributed by atoms with E-state index in [0.717, 1.165) is 23.7 Å². The monoisotopic (exact) mass is 297 g/mol. The molecule has 1 spiro atoms.